The van der Waals surface area contributed by atoms with Gasteiger partial charge in [0.25, 0.3) is 0 Å². The number of amides is 2. The van der Waals surface area contributed by atoms with Gasteiger partial charge in [-0.2, -0.15) is 0 Å². The molecule has 4 nitrogen and oxygen atoms in total. The molecule has 0 unspecified atom stereocenters. The molecule has 1 heterocycles. The second-order valence-electron chi connectivity index (χ2n) is 6.68. The normalized spacial score (nSPS) is 22.5. The van der Waals surface area contributed by atoms with E-state index in [9.17, 15) is 9.59 Å². The van der Waals surface area contributed by atoms with Crippen LogP contribution in [0.4, 0.5) is 0 Å². The van der Waals surface area contributed by atoms with Crippen molar-refractivity contribution in [3.63, 3.8) is 0 Å². The molecule has 1 aromatic rings. The molecule has 2 aliphatic rings. The minimum atomic E-state index is -0.0824. The fourth-order valence-electron chi connectivity index (χ4n) is 3.17. The lowest BCUT2D eigenvalue weighted by Crippen LogP contribution is -2.46. The average molecular weight is 379 g/mol. The van der Waals surface area contributed by atoms with Gasteiger partial charge in [0.15, 0.2) is 0 Å². The number of benzene rings is 1. The van der Waals surface area contributed by atoms with Crippen molar-refractivity contribution in [2.75, 3.05) is 13.1 Å². The Morgan fingerprint density at radius 3 is 2.74 bits per heavy atom. The lowest BCUT2D eigenvalue weighted by molar-refractivity contribution is -0.137. The number of rotatable bonds is 4. The van der Waals surface area contributed by atoms with E-state index in [1.54, 1.807) is 0 Å². The summed E-state index contributed by atoms with van der Waals surface area (Å²) in [5.41, 5.74) is 1.08. The number of nitrogens with one attached hydrogen (secondary N) is 1. The van der Waals surface area contributed by atoms with Crippen molar-refractivity contribution in [2.45, 2.75) is 38.6 Å². The molecule has 1 saturated heterocycles. The van der Waals surface area contributed by atoms with Crippen molar-refractivity contribution in [3.8, 4) is 0 Å². The quantitative estimate of drug-likeness (QED) is 0.873. The zero-order valence-corrected chi connectivity index (χ0v) is 15.0. The molecular weight excluding hydrogens is 356 g/mol. The van der Waals surface area contributed by atoms with Crippen molar-refractivity contribution in [3.05, 3.63) is 34.3 Å². The highest BCUT2D eigenvalue weighted by Crippen LogP contribution is 2.32. The third kappa shape index (κ3) is 4.14. The van der Waals surface area contributed by atoms with Gasteiger partial charge in [0, 0.05) is 23.5 Å². The number of carbonyl (C=O) groups is 2. The van der Waals surface area contributed by atoms with Crippen LogP contribution in [0, 0.1) is 11.8 Å². The summed E-state index contributed by atoms with van der Waals surface area (Å²) < 4.78 is 1.01. The van der Waals surface area contributed by atoms with Gasteiger partial charge in [-0.3, -0.25) is 9.59 Å². The van der Waals surface area contributed by atoms with Crippen molar-refractivity contribution in [1.29, 1.82) is 0 Å². The number of halogens is 1. The zero-order valence-electron chi connectivity index (χ0n) is 13.4. The summed E-state index contributed by atoms with van der Waals surface area (Å²) in [7, 11) is 0. The highest BCUT2D eigenvalue weighted by atomic mass is 79.9. The fourth-order valence-corrected chi connectivity index (χ4v) is 3.59. The monoisotopic (exact) mass is 378 g/mol. The Kier molecular flexibility index (Phi) is 5.05. The van der Waals surface area contributed by atoms with E-state index in [1.807, 2.05) is 36.1 Å². The summed E-state index contributed by atoms with van der Waals surface area (Å²) in [6.45, 7) is 3.38. The molecule has 0 bridgehead atoms. The van der Waals surface area contributed by atoms with Crippen LogP contribution in [-0.4, -0.2) is 29.8 Å². The summed E-state index contributed by atoms with van der Waals surface area (Å²) in [4.78, 5) is 26.7. The molecule has 0 aromatic heterocycles. The fraction of sp³-hybridized carbons (Fsp3) is 0.556. The van der Waals surface area contributed by atoms with Crippen LogP contribution in [0.3, 0.4) is 0 Å². The van der Waals surface area contributed by atoms with E-state index in [-0.39, 0.29) is 29.7 Å². The smallest absolute Gasteiger partial charge is 0.225 e. The van der Waals surface area contributed by atoms with E-state index in [0.717, 1.165) is 42.3 Å². The van der Waals surface area contributed by atoms with Gasteiger partial charge in [-0.1, -0.05) is 28.1 Å². The van der Waals surface area contributed by atoms with Crippen molar-refractivity contribution >= 4 is 27.7 Å². The van der Waals surface area contributed by atoms with Gasteiger partial charge in [-0.05, 0) is 50.3 Å². The summed E-state index contributed by atoms with van der Waals surface area (Å²) in [6.07, 6.45) is 3.82. The lowest BCUT2D eigenvalue weighted by atomic mass is 9.96. The number of carbonyl (C=O) groups excluding carboxylic acids is 2. The van der Waals surface area contributed by atoms with Gasteiger partial charge in [-0.15, -0.1) is 0 Å². The number of piperidine rings is 1. The van der Waals surface area contributed by atoms with E-state index < -0.39 is 0 Å². The summed E-state index contributed by atoms with van der Waals surface area (Å²) in [6, 6.07) is 7.95. The summed E-state index contributed by atoms with van der Waals surface area (Å²) in [5, 5.41) is 3.10. The molecule has 5 heteroatoms. The highest BCUT2D eigenvalue weighted by Gasteiger charge is 2.36. The molecule has 2 amide bonds. The molecule has 124 valence electrons. The van der Waals surface area contributed by atoms with Crippen LogP contribution in [0.5, 0.6) is 0 Å². The molecular formula is C18H23BrN2O2. The van der Waals surface area contributed by atoms with Crippen LogP contribution in [0.15, 0.2) is 28.7 Å². The molecule has 1 aliphatic heterocycles. The maximum absolute atomic E-state index is 12.6. The van der Waals surface area contributed by atoms with Crippen LogP contribution >= 0.6 is 15.9 Å². The van der Waals surface area contributed by atoms with Gasteiger partial charge >= 0.3 is 0 Å². The predicted molar refractivity (Wildman–Crippen MR) is 92.7 cm³/mol. The Bertz CT molecular complexity index is 600. The molecule has 0 radical (unpaired) electrons. The average Bonchev–Trinajstić information content (AvgIpc) is 3.39. The van der Waals surface area contributed by atoms with Crippen molar-refractivity contribution in [2.24, 2.45) is 11.8 Å². The minimum absolute atomic E-state index is 0.0329. The van der Waals surface area contributed by atoms with Crippen LogP contribution in [0.25, 0.3) is 0 Å². The lowest BCUT2D eigenvalue weighted by Gasteiger charge is -2.32. The molecule has 0 spiro atoms. The second kappa shape index (κ2) is 7.04. The van der Waals surface area contributed by atoms with Gasteiger partial charge in [0.1, 0.15) is 0 Å². The Labute approximate surface area is 145 Å². The predicted octanol–water partition coefficient (Wildman–Crippen LogP) is 3.27. The van der Waals surface area contributed by atoms with Crippen LogP contribution < -0.4 is 5.32 Å². The topological polar surface area (TPSA) is 49.4 Å². The number of hydrogen-bond donors (Lipinski definition) is 1. The molecule has 2 fully saturated rings. The Morgan fingerprint density at radius 1 is 1.26 bits per heavy atom. The first-order chi connectivity index (χ1) is 11.0. The summed E-state index contributed by atoms with van der Waals surface area (Å²) >= 11 is 3.46. The minimum Gasteiger partial charge on any atom is -0.349 e. The molecule has 23 heavy (non-hydrogen) atoms. The Morgan fingerprint density at radius 2 is 2.04 bits per heavy atom. The van der Waals surface area contributed by atoms with Gasteiger partial charge in [0.05, 0.1) is 12.0 Å². The number of nitrogens with zero attached hydrogens (tertiary/aromatic N) is 1. The van der Waals surface area contributed by atoms with Gasteiger partial charge in [-0.25, -0.2) is 0 Å². The molecule has 2 atom stereocenters. The molecule has 1 N–H and O–H groups in total. The number of hydrogen-bond acceptors (Lipinski definition) is 2. The standard InChI is InChI=1S/C18H23BrN2O2/c1-12(14-4-2-6-16(19)10-14)20-17(22)15-5-3-9-21(11-15)18(23)13-7-8-13/h2,4,6,10,12-13,15H,3,5,7-9,11H2,1H3,(H,20,22)/t12-,15-/m0/s1. The number of likely N-dealkylation sites (tertiary alicyclic amines) is 1. The van der Waals surface area contributed by atoms with Crippen molar-refractivity contribution < 1.29 is 9.59 Å². The van der Waals surface area contributed by atoms with E-state index in [0.29, 0.717) is 6.54 Å². The molecule has 1 saturated carbocycles. The first-order valence-electron chi connectivity index (χ1n) is 8.39. The van der Waals surface area contributed by atoms with Crippen LogP contribution in [-0.2, 0) is 9.59 Å². The van der Waals surface area contributed by atoms with Gasteiger partial charge in [0.2, 0.25) is 11.8 Å². The van der Waals surface area contributed by atoms with Crippen LogP contribution in [0.2, 0.25) is 0 Å². The SMILES string of the molecule is C[C@H](NC(=O)[C@H]1CCCN(C(=O)C2CC2)C1)c1cccc(Br)c1. The van der Waals surface area contributed by atoms with E-state index in [4.69, 9.17) is 0 Å². The third-order valence-electron chi connectivity index (χ3n) is 4.74. The van der Waals surface area contributed by atoms with Crippen molar-refractivity contribution in [1.82, 2.24) is 10.2 Å². The van der Waals surface area contributed by atoms with E-state index >= 15 is 0 Å². The maximum atomic E-state index is 12.6. The zero-order chi connectivity index (χ0) is 16.4. The third-order valence-corrected chi connectivity index (χ3v) is 5.23. The molecule has 3 rings (SSSR count). The van der Waals surface area contributed by atoms with E-state index in [1.165, 1.54) is 0 Å². The van der Waals surface area contributed by atoms with Crippen LogP contribution in [0.1, 0.15) is 44.2 Å². The Hall–Kier alpha value is -1.36. The Balaban J connectivity index is 1.57. The van der Waals surface area contributed by atoms with Gasteiger partial charge < -0.3 is 10.2 Å². The first kappa shape index (κ1) is 16.5. The highest BCUT2D eigenvalue weighted by molar-refractivity contribution is 9.10. The largest absolute Gasteiger partial charge is 0.349 e. The summed E-state index contributed by atoms with van der Waals surface area (Å²) in [5.74, 6) is 0.465. The van der Waals surface area contributed by atoms with E-state index in [2.05, 4.69) is 21.2 Å². The molecule has 1 aliphatic carbocycles. The first-order valence-corrected chi connectivity index (χ1v) is 9.18. The maximum Gasteiger partial charge on any atom is 0.225 e. The molecule has 1 aromatic carbocycles. The second-order valence-corrected chi connectivity index (χ2v) is 7.60.